The third-order valence-electron chi connectivity index (χ3n) is 3.24. The number of hydrogen-bond acceptors (Lipinski definition) is 3. The molecule has 0 bridgehead atoms. The molecule has 108 valence electrons. The molecule has 3 rings (SSSR count). The molecule has 0 atom stereocenters. The quantitative estimate of drug-likeness (QED) is 0.705. The molecule has 0 radical (unpaired) electrons. The Morgan fingerprint density at radius 1 is 1.05 bits per heavy atom. The van der Waals surface area contributed by atoms with Gasteiger partial charge in [0.05, 0.1) is 10.0 Å². The van der Waals surface area contributed by atoms with E-state index in [1.54, 1.807) is 23.5 Å². The fourth-order valence-electron chi connectivity index (χ4n) is 2.19. The second-order valence-corrected chi connectivity index (χ2v) is 6.52. The van der Waals surface area contributed by atoms with Gasteiger partial charge in [-0.3, -0.25) is 0 Å². The first-order valence-electron chi connectivity index (χ1n) is 6.46. The minimum atomic E-state index is 0.467. The summed E-state index contributed by atoms with van der Waals surface area (Å²) in [6.45, 7) is 0.980. The van der Waals surface area contributed by atoms with Crippen molar-refractivity contribution >= 4 is 44.6 Å². The van der Waals surface area contributed by atoms with Crippen LogP contribution < -0.4 is 10.5 Å². The highest BCUT2D eigenvalue weighted by Gasteiger charge is 2.11. The molecule has 21 heavy (non-hydrogen) atoms. The highest BCUT2D eigenvalue weighted by Crippen LogP contribution is 2.32. The lowest BCUT2D eigenvalue weighted by Crippen LogP contribution is -2.01. The molecule has 3 aromatic rings. The molecule has 2 nitrogen and oxygen atoms in total. The summed E-state index contributed by atoms with van der Waals surface area (Å²) in [7, 11) is 0. The van der Waals surface area contributed by atoms with Crippen LogP contribution in [0.2, 0.25) is 10.0 Å². The number of halogens is 2. The summed E-state index contributed by atoms with van der Waals surface area (Å²) in [4.78, 5) is 1.15. The van der Waals surface area contributed by atoms with Gasteiger partial charge in [-0.05, 0) is 23.6 Å². The largest absolute Gasteiger partial charge is 0.489 e. The number of fused-ring (bicyclic) bond motifs is 1. The Hall–Kier alpha value is -1.26. The maximum atomic E-state index is 6.00. The van der Waals surface area contributed by atoms with E-state index in [0.717, 1.165) is 10.4 Å². The summed E-state index contributed by atoms with van der Waals surface area (Å²) < 4.78 is 7.07. The molecule has 0 saturated heterocycles. The summed E-state index contributed by atoms with van der Waals surface area (Å²) in [5.41, 5.74) is 6.99. The maximum absolute atomic E-state index is 6.00. The molecule has 0 unspecified atom stereocenters. The van der Waals surface area contributed by atoms with Crippen LogP contribution in [0, 0.1) is 0 Å². The number of rotatable bonds is 4. The Kier molecular flexibility index (Phi) is 4.36. The molecule has 0 aliphatic carbocycles. The molecule has 0 fully saturated rings. The van der Waals surface area contributed by atoms with Crippen molar-refractivity contribution in [1.82, 2.24) is 0 Å². The number of nitrogens with two attached hydrogens (primary N) is 1. The van der Waals surface area contributed by atoms with Gasteiger partial charge in [-0.15, -0.1) is 11.3 Å². The van der Waals surface area contributed by atoms with Crippen molar-refractivity contribution in [3.05, 3.63) is 63.0 Å². The fraction of sp³-hybridized carbons (Fsp3) is 0.125. The van der Waals surface area contributed by atoms with Crippen LogP contribution in [0.15, 0.2) is 42.5 Å². The molecule has 1 aromatic heterocycles. The van der Waals surface area contributed by atoms with E-state index in [4.69, 9.17) is 33.7 Å². The molecular formula is C16H13Cl2NOS. The first-order valence-corrected chi connectivity index (χ1v) is 8.03. The van der Waals surface area contributed by atoms with Gasteiger partial charge in [-0.25, -0.2) is 0 Å². The Bertz CT molecular complexity index is 785. The summed E-state index contributed by atoms with van der Waals surface area (Å²) >= 11 is 13.6. The normalized spacial score (nSPS) is 11.0. The van der Waals surface area contributed by atoms with Crippen LogP contribution >= 0.6 is 34.5 Å². The Morgan fingerprint density at radius 2 is 1.86 bits per heavy atom. The van der Waals surface area contributed by atoms with E-state index in [-0.39, 0.29) is 0 Å². The number of ether oxygens (including phenoxy) is 1. The van der Waals surface area contributed by atoms with Crippen LogP contribution in [0.4, 0.5) is 0 Å². The van der Waals surface area contributed by atoms with E-state index in [2.05, 4.69) is 12.1 Å². The van der Waals surface area contributed by atoms with Gasteiger partial charge in [0.25, 0.3) is 0 Å². The molecule has 1 heterocycles. The Labute approximate surface area is 137 Å². The topological polar surface area (TPSA) is 35.2 Å². The number of thiophene rings is 1. The second kappa shape index (κ2) is 6.24. The average Bonchev–Trinajstić information content (AvgIpc) is 2.86. The van der Waals surface area contributed by atoms with E-state index in [9.17, 15) is 0 Å². The van der Waals surface area contributed by atoms with Crippen LogP contribution in [-0.2, 0) is 13.2 Å². The lowest BCUT2D eigenvalue weighted by Gasteiger charge is -2.08. The van der Waals surface area contributed by atoms with Crippen LogP contribution in [0.5, 0.6) is 5.75 Å². The van der Waals surface area contributed by atoms with Gasteiger partial charge in [0.1, 0.15) is 12.4 Å². The van der Waals surface area contributed by atoms with Crippen LogP contribution in [0.25, 0.3) is 10.1 Å². The molecule has 5 heteroatoms. The zero-order valence-electron chi connectivity index (χ0n) is 11.1. The molecule has 0 amide bonds. The van der Waals surface area contributed by atoms with E-state index in [0.29, 0.717) is 28.9 Å². The molecular weight excluding hydrogens is 325 g/mol. The SMILES string of the molecule is NCc1sc2ccccc2c1COc1ccc(Cl)c(Cl)c1. The van der Waals surface area contributed by atoms with Crippen molar-refractivity contribution in [2.45, 2.75) is 13.2 Å². The average molecular weight is 338 g/mol. The molecule has 2 aromatic carbocycles. The van der Waals surface area contributed by atoms with Crippen molar-refractivity contribution in [3.8, 4) is 5.75 Å². The zero-order chi connectivity index (χ0) is 14.8. The number of hydrogen-bond donors (Lipinski definition) is 1. The van der Waals surface area contributed by atoms with Crippen LogP contribution in [-0.4, -0.2) is 0 Å². The first-order chi connectivity index (χ1) is 10.2. The molecule has 0 spiro atoms. The predicted molar refractivity (Wildman–Crippen MR) is 90.5 cm³/mol. The highest BCUT2D eigenvalue weighted by molar-refractivity contribution is 7.19. The Balaban J connectivity index is 1.89. The van der Waals surface area contributed by atoms with Crippen molar-refractivity contribution in [2.75, 3.05) is 0 Å². The van der Waals surface area contributed by atoms with Gasteiger partial charge in [0.15, 0.2) is 0 Å². The summed E-state index contributed by atoms with van der Waals surface area (Å²) in [6.07, 6.45) is 0. The van der Waals surface area contributed by atoms with Crippen LogP contribution in [0.1, 0.15) is 10.4 Å². The fourth-order valence-corrected chi connectivity index (χ4v) is 3.57. The first kappa shape index (κ1) is 14.7. The van der Waals surface area contributed by atoms with Crippen LogP contribution in [0.3, 0.4) is 0 Å². The van der Waals surface area contributed by atoms with Gasteiger partial charge < -0.3 is 10.5 Å². The van der Waals surface area contributed by atoms with E-state index in [1.807, 2.05) is 18.2 Å². The van der Waals surface area contributed by atoms with Crippen molar-refractivity contribution in [2.24, 2.45) is 5.73 Å². The van der Waals surface area contributed by atoms with E-state index < -0.39 is 0 Å². The molecule has 0 aliphatic heterocycles. The van der Waals surface area contributed by atoms with E-state index in [1.165, 1.54) is 10.1 Å². The Morgan fingerprint density at radius 3 is 2.62 bits per heavy atom. The third-order valence-corrected chi connectivity index (χ3v) is 5.22. The number of benzene rings is 2. The van der Waals surface area contributed by atoms with Gasteiger partial charge in [0.2, 0.25) is 0 Å². The maximum Gasteiger partial charge on any atom is 0.121 e. The van der Waals surface area contributed by atoms with Crippen molar-refractivity contribution < 1.29 is 4.74 Å². The van der Waals surface area contributed by atoms with Gasteiger partial charge >= 0.3 is 0 Å². The van der Waals surface area contributed by atoms with Gasteiger partial charge in [-0.2, -0.15) is 0 Å². The van der Waals surface area contributed by atoms with Gasteiger partial charge in [0, 0.05) is 27.8 Å². The molecule has 0 aliphatic rings. The molecule has 2 N–H and O–H groups in total. The minimum absolute atomic E-state index is 0.467. The lowest BCUT2D eigenvalue weighted by molar-refractivity contribution is 0.307. The van der Waals surface area contributed by atoms with Crippen molar-refractivity contribution in [3.63, 3.8) is 0 Å². The molecule has 0 saturated carbocycles. The standard InChI is InChI=1S/C16H13Cl2NOS/c17-13-6-5-10(7-14(13)18)20-9-12-11-3-1-2-4-15(11)21-16(12)8-19/h1-7H,8-9,19H2. The van der Waals surface area contributed by atoms with Crippen molar-refractivity contribution in [1.29, 1.82) is 0 Å². The predicted octanol–water partition coefficient (Wildman–Crippen LogP) is 5.25. The monoisotopic (exact) mass is 337 g/mol. The highest BCUT2D eigenvalue weighted by atomic mass is 35.5. The minimum Gasteiger partial charge on any atom is -0.489 e. The summed E-state index contributed by atoms with van der Waals surface area (Å²) in [5.74, 6) is 0.697. The third kappa shape index (κ3) is 3.01. The second-order valence-electron chi connectivity index (χ2n) is 4.57. The summed E-state index contributed by atoms with van der Waals surface area (Å²) in [5, 5.41) is 2.21. The van der Waals surface area contributed by atoms with E-state index >= 15 is 0 Å². The lowest BCUT2D eigenvalue weighted by atomic mass is 10.1. The van der Waals surface area contributed by atoms with Gasteiger partial charge in [-0.1, -0.05) is 41.4 Å². The summed E-state index contributed by atoms with van der Waals surface area (Å²) in [6, 6.07) is 13.5. The smallest absolute Gasteiger partial charge is 0.121 e. The zero-order valence-corrected chi connectivity index (χ0v) is 13.4.